The van der Waals surface area contributed by atoms with Crippen molar-refractivity contribution in [1.29, 1.82) is 0 Å². The molecule has 0 aromatic rings. The molecule has 0 saturated carbocycles. The van der Waals surface area contributed by atoms with Gasteiger partial charge in [-0.05, 0) is 6.92 Å². The molecule has 0 rings (SSSR count). The maximum Gasteiger partial charge on any atom is 0.116 e. The van der Waals surface area contributed by atoms with Crippen LogP contribution in [0, 0.1) is 0 Å². The number of aldehydes is 1. The lowest BCUT2D eigenvalue weighted by molar-refractivity contribution is -0.106. The average Bonchev–Trinajstić information content (AvgIpc) is 1.91. The molecule has 0 aromatic carbocycles. The number of ether oxygens (including phenoxy) is 1. The highest BCUT2D eigenvalue weighted by Gasteiger charge is 1.79. The number of carbonyl (C=O) groups excluding carboxylic acids is 1. The lowest BCUT2D eigenvalue weighted by Crippen LogP contribution is -2.03. The number of aliphatic hydroxyl groups excluding tert-OH is 2. The standard InChI is InChI=1S/C4H10O3.C2H4O/c5-1-3-7-4-2-6;1-2-3/h5-6H,1-4H2;2H,1H3. The molecule has 0 saturated heterocycles. The molecule has 0 amide bonds. The van der Waals surface area contributed by atoms with Gasteiger partial charge in [0.2, 0.25) is 0 Å². The normalized spacial score (nSPS) is 7.90. The predicted molar refractivity (Wildman–Crippen MR) is 36.7 cm³/mol. The Balaban J connectivity index is 0. The van der Waals surface area contributed by atoms with Crippen LogP contribution >= 0.6 is 0 Å². The summed E-state index contributed by atoms with van der Waals surface area (Å²) in [5.74, 6) is 0. The molecule has 0 atom stereocenters. The minimum atomic E-state index is 0.0278. The minimum Gasteiger partial charge on any atom is -0.394 e. The van der Waals surface area contributed by atoms with Gasteiger partial charge in [0.25, 0.3) is 0 Å². The van der Waals surface area contributed by atoms with Gasteiger partial charge in [-0.15, -0.1) is 0 Å². The van der Waals surface area contributed by atoms with Crippen LogP contribution in [0.5, 0.6) is 0 Å². The second-order valence-electron chi connectivity index (χ2n) is 1.30. The lowest BCUT2D eigenvalue weighted by atomic mass is 10.7. The van der Waals surface area contributed by atoms with Crippen LogP contribution in [0.15, 0.2) is 0 Å². The molecule has 0 spiro atoms. The zero-order valence-electron chi connectivity index (χ0n) is 6.12. The van der Waals surface area contributed by atoms with Gasteiger partial charge in [-0.1, -0.05) is 0 Å². The highest BCUT2D eigenvalue weighted by molar-refractivity contribution is 5.44. The first-order valence-corrected chi connectivity index (χ1v) is 3.02. The summed E-state index contributed by atoms with van der Waals surface area (Å²) in [5, 5.41) is 16.2. The van der Waals surface area contributed by atoms with Crippen molar-refractivity contribution in [2.24, 2.45) is 0 Å². The first-order chi connectivity index (χ1) is 4.83. The monoisotopic (exact) mass is 150 g/mol. The predicted octanol–water partition coefficient (Wildman–Crippen LogP) is -0.807. The van der Waals surface area contributed by atoms with Crippen molar-refractivity contribution < 1.29 is 19.7 Å². The van der Waals surface area contributed by atoms with Crippen molar-refractivity contribution in [3.8, 4) is 0 Å². The number of hydrogen-bond donors (Lipinski definition) is 2. The van der Waals surface area contributed by atoms with E-state index in [1.54, 1.807) is 0 Å². The van der Waals surface area contributed by atoms with Crippen molar-refractivity contribution in [1.82, 2.24) is 0 Å². The third-order valence-electron chi connectivity index (χ3n) is 0.471. The summed E-state index contributed by atoms with van der Waals surface area (Å²) in [6, 6.07) is 0. The van der Waals surface area contributed by atoms with Crippen LogP contribution in [-0.2, 0) is 9.53 Å². The molecule has 0 aromatic heterocycles. The van der Waals surface area contributed by atoms with Crippen LogP contribution in [0.2, 0.25) is 0 Å². The molecule has 0 radical (unpaired) electrons. The van der Waals surface area contributed by atoms with Crippen molar-refractivity contribution in [3.05, 3.63) is 0 Å². The third-order valence-corrected chi connectivity index (χ3v) is 0.471. The zero-order chi connectivity index (χ0) is 8.24. The molecule has 0 unspecified atom stereocenters. The molecule has 2 N–H and O–H groups in total. The zero-order valence-corrected chi connectivity index (χ0v) is 6.12. The van der Waals surface area contributed by atoms with Gasteiger partial charge in [0.1, 0.15) is 6.29 Å². The molecule has 62 valence electrons. The third kappa shape index (κ3) is 25.7. The summed E-state index contributed by atoms with van der Waals surface area (Å²) >= 11 is 0. The van der Waals surface area contributed by atoms with Crippen LogP contribution in [0.4, 0.5) is 0 Å². The Bertz CT molecular complexity index is 51.7. The molecule has 4 heteroatoms. The lowest BCUT2D eigenvalue weighted by Gasteiger charge is -1.94. The van der Waals surface area contributed by atoms with Crippen molar-refractivity contribution in [2.45, 2.75) is 6.92 Å². The van der Waals surface area contributed by atoms with Gasteiger partial charge in [-0.25, -0.2) is 0 Å². The summed E-state index contributed by atoms with van der Waals surface area (Å²) in [6.45, 7) is 2.14. The van der Waals surface area contributed by atoms with Gasteiger partial charge in [0.15, 0.2) is 0 Å². The molecular weight excluding hydrogens is 136 g/mol. The van der Waals surface area contributed by atoms with E-state index in [1.165, 1.54) is 6.92 Å². The smallest absolute Gasteiger partial charge is 0.116 e. The van der Waals surface area contributed by atoms with E-state index in [0.717, 1.165) is 6.29 Å². The number of rotatable bonds is 4. The summed E-state index contributed by atoms with van der Waals surface area (Å²) in [6.07, 6.45) is 0.750. The van der Waals surface area contributed by atoms with Gasteiger partial charge in [0, 0.05) is 0 Å². The van der Waals surface area contributed by atoms with Gasteiger partial charge in [0.05, 0.1) is 26.4 Å². The summed E-state index contributed by atoms with van der Waals surface area (Å²) in [4.78, 5) is 8.81. The van der Waals surface area contributed by atoms with E-state index in [-0.39, 0.29) is 13.2 Å². The number of hydrogen-bond acceptors (Lipinski definition) is 4. The van der Waals surface area contributed by atoms with Gasteiger partial charge >= 0.3 is 0 Å². The van der Waals surface area contributed by atoms with Crippen LogP contribution in [-0.4, -0.2) is 42.9 Å². The Labute approximate surface area is 60.4 Å². The Kier molecular flexibility index (Phi) is 19.4. The fraction of sp³-hybridized carbons (Fsp3) is 0.833. The van der Waals surface area contributed by atoms with E-state index in [1.807, 2.05) is 0 Å². The molecule has 10 heavy (non-hydrogen) atoms. The van der Waals surface area contributed by atoms with Crippen molar-refractivity contribution >= 4 is 6.29 Å². The van der Waals surface area contributed by atoms with Gasteiger partial charge < -0.3 is 19.7 Å². The van der Waals surface area contributed by atoms with Crippen LogP contribution in [0.3, 0.4) is 0 Å². The summed E-state index contributed by atoms with van der Waals surface area (Å²) < 4.78 is 4.63. The Morgan fingerprint density at radius 3 is 1.80 bits per heavy atom. The Hall–Kier alpha value is -0.450. The highest BCUT2D eigenvalue weighted by atomic mass is 16.5. The van der Waals surface area contributed by atoms with E-state index >= 15 is 0 Å². The van der Waals surface area contributed by atoms with E-state index in [2.05, 4.69) is 4.74 Å². The molecule has 0 aliphatic heterocycles. The summed E-state index contributed by atoms with van der Waals surface area (Å²) in [7, 11) is 0. The van der Waals surface area contributed by atoms with Crippen LogP contribution < -0.4 is 0 Å². The second-order valence-corrected chi connectivity index (χ2v) is 1.30. The molecule has 0 heterocycles. The Morgan fingerprint density at radius 2 is 1.60 bits per heavy atom. The van der Waals surface area contributed by atoms with Crippen LogP contribution in [0.1, 0.15) is 6.92 Å². The van der Waals surface area contributed by atoms with Gasteiger partial charge in [-0.3, -0.25) is 0 Å². The second kappa shape index (κ2) is 15.8. The van der Waals surface area contributed by atoms with Gasteiger partial charge in [-0.2, -0.15) is 0 Å². The molecule has 4 nitrogen and oxygen atoms in total. The molecular formula is C6H14O4. The average molecular weight is 150 g/mol. The van der Waals surface area contributed by atoms with Crippen molar-refractivity contribution in [3.63, 3.8) is 0 Å². The van der Waals surface area contributed by atoms with Crippen molar-refractivity contribution in [2.75, 3.05) is 26.4 Å². The van der Waals surface area contributed by atoms with E-state index < -0.39 is 0 Å². The van der Waals surface area contributed by atoms with E-state index in [0.29, 0.717) is 13.2 Å². The topological polar surface area (TPSA) is 66.8 Å². The maximum atomic E-state index is 8.81. The fourth-order valence-electron chi connectivity index (χ4n) is 0.231. The number of aliphatic hydroxyl groups is 2. The molecule has 0 fully saturated rings. The highest BCUT2D eigenvalue weighted by Crippen LogP contribution is 1.68. The van der Waals surface area contributed by atoms with E-state index in [9.17, 15) is 0 Å². The van der Waals surface area contributed by atoms with Crippen LogP contribution in [0.25, 0.3) is 0 Å². The largest absolute Gasteiger partial charge is 0.394 e. The first-order valence-electron chi connectivity index (χ1n) is 3.02. The summed E-state index contributed by atoms with van der Waals surface area (Å²) in [5.41, 5.74) is 0. The quantitative estimate of drug-likeness (QED) is 0.406. The molecule has 0 bridgehead atoms. The molecule has 0 aliphatic rings. The fourth-order valence-corrected chi connectivity index (χ4v) is 0.231. The maximum absolute atomic E-state index is 8.81. The van der Waals surface area contributed by atoms with E-state index in [4.69, 9.17) is 15.0 Å². The Morgan fingerprint density at radius 1 is 1.30 bits per heavy atom. The SMILES string of the molecule is CC=O.OCCOCCO. The number of carbonyl (C=O) groups is 1. The first kappa shape index (κ1) is 12.2. The molecule has 0 aliphatic carbocycles. The minimum absolute atomic E-state index is 0.0278.